The molecule has 3 aromatic heterocycles. The number of hydrogen-bond acceptors (Lipinski definition) is 5. The van der Waals surface area contributed by atoms with E-state index in [-0.39, 0.29) is 5.56 Å². The minimum Gasteiger partial charge on any atom is -0.455 e. The SMILES string of the molecule is O=c1c2c3c(sc2ncn1N=Cc1ccc(-c2ccccc2)o1)CCCC3. The molecule has 5 nitrogen and oxygen atoms in total. The number of furan rings is 1. The predicted molar refractivity (Wildman–Crippen MR) is 108 cm³/mol. The van der Waals surface area contributed by atoms with Crippen molar-refractivity contribution in [1.29, 1.82) is 0 Å². The normalized spacial score (nSPS) is 14.1. The summed E-state index contributed by atoms with van der Waals surface area (Å²) in [6.45, 7) is 0. The first-order valence-electron chi connectivity index (χ1n) is 9.01. The van der Waals surface area contributed by atoms with Gasteiger partial charge >= 0.3 is 0 Å². The maximum Gasteiger partial charge on any atom is 0.282 e. The van der Waals surface area contributed by atoms with Crippen molar-refractivity contribution in [3.8, 4) is 11.3 Å². The van der Waals surface area contributed by atoms with E-state index in [2.05, 4.69) is 10.1 Å². The van der Waals surface area contributed by atoms with Crippen LogP contribution >= 0.6 is 11.3 Å². The van der Waals surface area contributed by atoms with Crippen LogP contribution in [0.5, 0.6) is 0 Å². The Morgan fingerprint density at radius 2 is 1.96 bits per heavy atom. The molecule has 134 valence electrons. The highest BCUT2D eigenvalue weighted by Gasteiger charge is 2.19. The molecule has 0 radical (unpaired) electrons. The third-order valence-electron chi connectivity index (χ3n) is 4.85. The van der Waals surface area contributed by atoms with E-state index in [1.807, 2.05) is 42.5 Å². The number of benzene rings is 1. The molecule has 3 heterocycles. The smallest absolute Gasteiger partial charge is 0.282 e. The Morgan fingerprint density at radius 3 is 2.85 bits per heavy atom. The van der Waals surface area contributed by atoms with Gasteiger partial charge in [0.25, 0.3) is 5.56 Å². The summed E-state index contributed by atoms with van der Waals surface area (Å²) in [6.07, 6.45) is 7.37. The molecule has 6 heteroatoms. The first-order chi connectivity index (χ1) is 13.3. The summed E-state index contributed by atoms with van der Waals surface area (Å²) in [7, 11) is 0. The predicted octanol–water partition coefficient (Wildman–Crippen LogP) is 4.48. The van der Waals surface area contributed by atoms with Crippen molar-refractivity contribution in [3.63, 3.8) is 0 Å². The van der Waals surface area contributed by atoms with Crippen LogP contribution in [0.2, 0.25) is 0 Å². The summed E-state index contributed by atoms with van der Waals surface area (Å²) in [4.78, 5) is 19.5. The Balaban J connectivity index is 1.49. The molecular weight excluding hydrogens is 358 g/mol. The number of nitrogens with zero attached hydrogens (tertiary/aromatic N) is 3. The lowest BCUT2D eigenvalue weighted by molar-refractivity contribution is 0.574. The fourth-order valence-corrected chi connectivity index (χ4v) is 4.74. The van der Waals surface area contributed by atoms with Crippen LogP contribution in [0, 0.1) is 0 Å². The van der Waals surface area contributed by atoms with Crippen molar-refractivity contribution in [3.05, 3.63) is 75.3 Å². The number of rotatable bonds is 3. The fourth-order valence-electron chi connectivity index (χ4n) is 3.52. The third-order valence-corrected chi connectivity index (χ3v) is 6.05. The molecule has 0 amide bonds. The molecule has 0 saturated heterocycles. The second-order valence-electron chi connectivity index (χ2n) is 6.60. The van der Waals surface area contributed by atoms with Gasteiger partial charge in [0.2, 0.25) is 0 Å². The molecule has 1 aromatic carbocycles. The Hall–Kier alpha value is -2.99. The lowest BCUT2D eigenvalue weighted by atomic mass is 9.97. The Labute approximate surface area is 159 Å². The first-order valence-corrected chi connectivity index (χ1v) is 9.83. The van der Waals surface area contributed by atoms with Crippen LogP contribution in [-0.2, 0) is 12.8 Å². The molecule has 0 unspecified atom stereocenters. The van der Waals surface area contributed by atoms with Gasteiger partial charge in [0.15, 0.2) is 0 Å². The van der Waals surface area contributed by atoms with E-state index in [1.165, 1.54) is 27.9 Å². The van der Waals surface area contributed by atoms with Gasteiger partial charge in [-0.15, -0.1) is 11.3 Å². The summed E-state index contributed by atoms with van der Waals surface area (Å²) in [5, 5.41) is 5.02. The zero-order chi connectivity index (χ0) is 18.2. The van der Waals surface area contributed by atoms with E-state index in [0.717, 1.165) is 40.8 Å². The van der Waals surface area contributed by atoms with Crippen LogP contribution < -0.4 is 5.56 Å². The van der Waals surface area contributed by atoms with E-state index in [1.54, 1.807) is 17.6 Å². The largest absolute Gasteiger partial charge is 0.455 e. The zero-order valence-electron chi connectivity index (χ0n) is 14.6. The molecule has 0 saturated carbocycles. The Bertz CT molecular complexity index is 1200. The number of thiophene rings is 1. The molecule has 5 rings (SSSR count). The molecule has 0 aliphatic heterocycles. The van der Waals surface area contributed by atoms with E-state index in [9.17, 15) is 4.79 Å². The molecule has 27 heavy (non-hydrogen) atoms. The van der Waals surface area contributed by atoms with Crippen LogP contribution in [0.3, 0.4) is 0 Å². The molecule has 4 aromatic rings. The monoisotopic (exact) mass is 375 g/mol. The quantitative estimate of drug-likeness (QED) is 0.496. The van der Waals surface area contributed by atoms with Gasteiger partial charge in [-0.1, -0.05) is 30.3 Å². The minimum absolute atomic E-state index is 0.106. The highest BCUT2D eigenvalue weighted by Crippen LogP contribution is 2.33. The topological polar surface area (TPSA) is 60.4 Å². The van der Waals surface area contributed by atoms with Gasteiger partial charge in [-0.05, 0) is 43.4 Å². The molecule has 0 spiro atoms. The summed E-state index contributed by atoms with van der Waals surface area (Å²) in [6, 6.07) is 13.6. The summed E-state index contributed by atoms with van der Waals surface area (Å²) in [5.41, 5.74) is 2.07. The molecular formula is C21H17N3O2S. The number of fused-ring (bicyclic) bond motifs is 3. The Morgan fingerprint density at radius 1 is 1.11 bits per heavy atom. The van der Waals surface area contributed by atoms with Crippen LogP contribution in [0.15, 0.2) is 63.1 Å². The fraction of sp³-hybridized carbons (Fsp3) is 0.190. The number of aryl methyl sites for hydroxylation is 2. The van der Waals surface area contributed by atoms with Crippen LogP contribution in [0.25, 0.3) is 21.5 Å². The maximum absolute atomic E-state index is 12.9. The molecule has 0 N–H and O–H groups in total. The van der Waals surface area contributed by atoms with Gasteiger partial charge in [0, 0.05) is 10.4 Å². The van der Waals surface area contributed by atoms with Crippen molar-refractivity contribution in [2.45, 2.75) is 25.7 Å². The third kappa shape index (κ3) is 2.92. The average Bonchev–Trinajstić information content (AvgIpc) is 3.33. The van der Waals surface area contributed by atoms with Gasteiger partial charge in [0.05, 0.1) is 11.6 Å². The molecule has 0 atom stereocenters. The van der Waals surface area contributed by atoms with E-state index in [0.29, 0.717) is 5.76 Å². The van der Waals surface area contributed by atoms with Crippen LogP contribution in [0.1, 0.15) is 29.0 Å². The van der Waals surface area contributed by atoms with E-state index < -0.39 is 0 Å². The van der Waals surface area contributed by atoms with E-state index in [4.69, 9.17) is 4.42 Å². The zero-order valence-corrected chi connectivity index (χ0v) is 15.4. The van der Waals surface area contributed by atoms with E-state index >= 15 is 0 Å². The van der Waals surface area contributed by atoms with Crippen LogP contribution in [0.4, 0.5) is 0 Å². The first kappa shape index (κ1) is 16.2. The molecule has 0 bridgehead atoms. The second-order valence-corrected chi connectivity index (χ2v) is 7.68. The second kappa shape index (κ2) is 6.63. The van der Waals surface area contributed by atoms with Crippen molar-refractivity contribution in [2.24, 2.45) is 5.10 Å². The highest BCUT2D eigenvalue weighted by molar-refractivity contribution is 7.18. The lowest BCUT2D eigenvalue weighted by Crippen LogP contribution is -2.17. The Kier molecular flexibility index (Phi) is 3.98. The van der Waals surface area contributed by atoms with Gasteiger partial charge in [-0.2, -0.15) is 9.78 Å². The molecule has 1 aliphatic rings. The standard InChI is InChI=1S/C21H17N3O2S/c25-21-19-16-8-4-5-9-18(16)27-20(19)22-13-24(21)23-12-15-10-11-17(26-15)14-6-2-1-3-7-14/h1-3,6-7,10-13H,4-5,8-9H2. The van der Waals surface area contributed by atoms with Crippen molar-refractivity contribution < 1.29 is 4.42 Å². The summed E-state index contributed by atoms with van der Waals surface area (Å²) in [5.74, 6) is 1.36. The van der Waals surface area contributed by atoms with Gasteiger partial charge in [-0.25, -0.2) is 4.98 Å². The minimum atomic E-state index is -0.106. The van der Waals surface area contributed by atoms with Gasteiger partial charge < -0.3 is 4.42 Å². The van der Waals surface area contributed by atoms with Gasteiger partial charge in [-0.3, -0.25) is 4.79 Å². The lowest BCUT2D eigenvalue weighted by Gasteiger charge is -2.09. The van der Waals surface area contributed by atoms with Gasteiger partial charge in [0.1, 0.15) is 22.7 Å². The van der Waals surface area contributed by atoms with Crippen molar-refractivity contribution in [2.75, 3.05) is 0 Å². The average molecular weight is 375 g/mol. The van der Waals surface area contributed by atoms with Crippen molar-refractivity contribution >= 4 is 27.8 Å². The van der Waals surface area contributed by atoms with Crippen LogP contribution in [-0.4, -0.2) is 15.9 Å². The summed E-state index contributed by atoms with van der Waals surface area (Å²) < 4.78 is 7.11. The van der Waals surface area contributed by atoms with Crippen molar-refractivity contribution in [1.82, 2.24) is 9.66 Å². The summed E-state index contributed by atoms with van der Waals surface area (Å²) >= 11 is 1.64. The number of aromatic nitrogens is 2. The molecule has 0 fully saturated rings. The maximum atomic E-state index is 12.9. The number of hydrogen-bond donors (Lipinski definition) is 0. The highest BCUT2D eigenvalue weighted by atomic mass is 32.1. The molecule has 1 aliphatic carbocycles.